The van der Waals surface area contributed by atoms with E-state index in [1.807, 2.05) is 13.2 Å². The van der Waals surface area contributed by atoms with Crippen LogP contribution in [-0.4, -0.2) is 64.2 Å². The van der Waals surface area contributed by atoms with E-state index in [9.17, 15) is 8.78 Å². The van der Waals surface area contributed by atoms with Gasteiger partial charge in [-0.3, -0.25) is 4.68 Å². The van der Waals surface area contributed by atoms with E-state index in [4.69, 9.17) is 24.2 Å². The number of nitrogens with zero attached hydrogens (tertiary/aromatic N) is 6. The lowest BCUT2D eigenvalue weighted by Crippen LogP contribution is -2.39. The van der Waals surface area contributed by atoms with Crippen LogP contribution in [0.2, 0.25) is 0 Å². The number of aromatic nitrogens is 5. The summed E-state index contributed by atoms with van der Waals surface area (Å²) in [6.07, 6.45) is 6.38. The fourth-order valence-electron chi connectivity index (χ4n) is 4.13. The van der Waals surface area contributed by atoms with Crippen LogP contribution in [0.25, 0.3) is 22.3 Å². The van der Waals surface area contributed by atoms with Gasteiger partial charge in [-0.15, -0.1) is 0 Å². The first kappa shape index (κ1) is 23.9. The standard InChI is InChI=1S/C25H26F2N6O3/c1-32-15-16(13-29-32)24-25(31-20-12-23(35-10-9-34-2)28-14-21(20)30-24)33-7-5-18(6-8-33)36-22-4-3-17(26)11-19(22)27/h3-4,11-15,18H,5-10H2,1-2H3. The van der Waals surface area contributed by atoms with Crippen molar-refractivity contribution >= 4 is 16.9 Å². The zero-order valence-corrected chi connectivity index (χ0v) is 20.0. The Morgan fingerprint density at radius 1 is 1.03 bits per heavy atom. The van der Waals surface area contributed by atoms with Gasteiger partial charge in [0.25, 0.3) is 0 Å². The molecular weight excluding hydrogens is 470 g/mol. The van der Waals surface area contributed by atoms with Gasteiger partial charge in [0.2, 0.25) is 5.88 Å². The number of halogens is 2. The minimum atomic E-state index is -0.700. The molecule has 0 radical (unpaired) electrons. The van der Waals surface area contributed by atoms with Crippen molar-refractivity contribution < 1.29 is 23.0 Å². The first-order valence-corrected chi connectivity index (χ1v) is 11.7. The second kappa shape index (κ2) is 10.4. The van der Waals surface area contributed by atoms with E-state index in [1.165, 1.54) is 12.1 Å². The molecule has 0 unspecified atom stereocenters. The van der Waals surface area contributed by atoms with Gasteiger partial charge in [0.05, 0.1) is 24.5 Å². The van der Waals surface area contributed by atoms with E-state index in [0.29, 0.717) is 61.8 Å². The summed E-state index contributed by atoms with van der Waals surface area (Å²) in [4.78, 5) is 16.3. The van der Waals surface area contributed by atoms with Gasteiger partial charge < -0.3 is 19.1 Å². The Morgan fingerprint density at radius 2 is 1.86 bits per heavy atom. The molecule has 1 aromatic carbocycles. The number of ether oxygens (including phenoxy) is 3. The minimum Gasteiger partial charge on any atom is -0.487 e. The number of piperidine rings is 1. The number of pyridine rings is 1. The number of benzene rings is 1. The van der Waals surface area contributed by atoms with Crippen molar-refractivity contribution in [3.8, 4) is 22.9 Å². The summed E-state index contributed by atoms with van der Waals surface area (Å²) in [7, 11) is 3.46. The molecule has 0 aliphatic carbocycles. The van der Waals surface area contributed by atoms with E-state index in [1.54, 1.807) is 30.3 Å². The van der Waals surface area contributed by atoms with Crippen molar-refractivity contribution in [3.63, 3.8) is 0 Å². The molecule has 4 heterocycles. The molecule has 4 aromatic rings. The Labute approximate surface area is 206 Å². The molecule has 1 aliphatic heterocycles. The second-order valence-corrected chi connectivity index (χ2v) is 8.53. The normalized spacial score (nSPS) is 14.4. The lowest BCUT2D eigenvalue weighted by molar-refractivity contribution is 0.144. The van der Waals surface area contributed by atoms with E-state index >= 15 is 0 Å². The van der Waals surface area contributed by atoms with E-state index in [2.05, 4.69) is 15.0 Å². The van der Waals surface area contributed by atoms with Gasteiger partial charge >= 0.3 is 0 Å². The number of methoxy groups -OCH3 is 1. The smallest absolute Gasteiger partial charge is 0.215 e. The number of aryl methyl sites for hydroxylation is 1. The summed E-state index contributed by atoms with van der Waals surface area (Å²) >= 11 is 0. The number of fused-ring (bicyclic) bond motifs is 1. The summed E-state index contributed by atoms with van der Waals surface area (Å²) in [5.41, 5.74) is 2.84. The molecule has 0 amide bonds. The van der Waals surface area contributed by atoms with Gasteiger partial charge in [-0.25, -0.2) is 23.7 Å². The van der Waals surface area contributed by atoms with Crippen molar-refractivity contribution in [1.29, 1.82) is 0 Å². The Balaban J connectivity index is 1.40. The highest BCUT2D eigenvalue weighted by Crippen LogP contribution is 2.32. The third kappa shape index (κ3) is 5.20. The average molecular weight is 497 g/mol. The molecule has 5 rings (SSSR count). The molecule has 0 N–H and O–H groups in total. The van der Waals surface area contributed by atoms with Crippen molar-refractivity contribution in [2.75, 3.05) is 38.3 Å². The van der Waals surface area contributed by atoms with E-state index < -0.39 is 11.6 Å². The summed E-state index contributed by atoms with van der Waals surface area (Å²) in [5, 5.41) is 4.29. The summed E-state index contributed by atoms with van der Waals surface area (Å²) in [5.74, 6) is -0.105. The molecule has 188 valence electrons. The van der Waals surface area contributed by atoms with Crippen molar-refractivity contribution in [1.82, 2.24) is 24.7 Å². The van der Waals surface area contributed by atoms with Crippen LogP contribution in [0.4, 0.5) is 14.6 Å². The topological polar surface area (TPSA) is 87.4 Å². The van der Waals surface area contributed by atoms with E-state index in [-0.39, 0.29) is 11.9 Å². The predicted molar refractivity (Wildman–Crippen MR) is 129 cm³/mol. The van der Waals surface area contributed by atoms with Crippen LogP contribution in [-0.2, 0) is 11.8 Å². The summed E-state index contributed by atoms with van der Waals surface area (Å²) in [6, 6.07) is 5.12. The fraction of sp³-hybridized carbons (Fsp3) is 0.360. The third-order valence-electron chi connectivity index (χ3n) is 5.95. The second-order valence-electron chi connectivity index (χ2n) is 8.53. The molecule has 9 nitrogen and oxygen atoms in total. The Kier molecular flexibility index (Phi) is 6.90. The highest BCUT2D eigenvalue weighted by Gasteiger charge is 2.26. The largest absolute Gasteiger partial charge is 0.487 e. The van der Waals surface area contributed by atoms with Crippen LogP contribution in [0.1, 0.15) is 12.8 Å². The van der Waals surface area contributed by atoms with E-state index in [0.717, 1.165) is 17.4 Å². The molecular formula is C25H26F2N6O3. The van der Waals surface area contributed by atoms with Gasteiger partial charge in [0.15, 0.2) is 17.4 Å². The van der Waals surface area contributed by atoms with Crippen LogP contribution >= 0.6 is 0 Å². The van der Waals surface area contributed by atoms with Gasteiger partial charge in [0, 0.05) is 64.0 Å². The highest BCUT2D eigenvalue weighted by molar-refractivity contribution is 5.83. The molecule has 0 saturated carbocycles. The zero-order chi connectivity index (χ0) is 25.1. The van der Waals surface area contributed by atoms with Crippen LogP contribution in [0.5, 0.6) is 11.6 Å². The molecule has 1 aliphatic rings. The van der Waals surface area contributed by atoms with Gasteiger partial charge in [-0.2, -0.15) is 5.10 Å². The lowest BCUT2D eigenvalue weighted by atomic mass is 10.1. The first-order valence-electron chi connectivity index (χ1n) is 11.7. The molecule has 0 atom stereocenters. The van der Waals surface area contributed by atoms with Crippen molar-refractivity contribution in [2.24, 2.45) is 7.05 Å². The molecule has 3 aromatic heterocycles. The SMILES string of the molecule is COCCOc1cc2nc(N3CCC(Oc4ccc(F)cc4F)CC3)c(-c3cnn(C)c3)nc2cn1. The Morgan fingerprint density at radius 3 is 2.58 bits per heavy atom. The molecule has 1 fully saturated rings. The average Bonchev–Trinajstić information content (AvgIpc) is 3.31. The molecule has 11 heteroatoms. The molecule has 0 spiro atoms. The maximum absolute atomic E-state index is 14.0. The summed E-state index contributed by atoms with van der Waals surface area (Å²) < 4.78 is 45.5. The molecule has 0 bridgehead atoms. The van der Waals surface area contributed by atoms with Gasteiger partial charge in [0.1, 0.15) is 29.7 Å². The van der Waals surface area contributed by atoms with Crippen LogP contribution < -0.4 is 14.4 Å². The molecule has 1 saturated heterocycles. The Bertz CT molecular complexity index is 1360. The maximum Gasteiger partial charge on any atom is 0.215 e. The number of rotatable bonds is 8. The minimum absolute atomic E-state index is 0.0601. The van der Waals surface area contributed by atoms with Gasteiger partial charge in [-0.1, -0.05) is 0 Å². The van der Waals surface area contributed by atoms with Crippen molar-refractivity contribution in [2.45, 2.75) is 18.9 Å². The predicted octanol–water partition coefficient (Wildman–Crippen LogP) is 3.78. The highest BCUT2D eigenvalue weighted by atomic mass is 19.1. The monoisotopic (exact) mass is 496 g/mol. The number of anilines is 1. The number of hydrogen-bond acceptors (Lipinski definition) is 8. The fourth-order valence-corrected chi connectivity index (χ4v) is 4.13. The lowest BCUT2D eigenvalue weighted by Gasteiger charge is -2.33. The zero-order valence-electron chi connectivity index (χ0n) is 20.0. The third-order valence-corrected chi connectivity index (χ3v) is 5.95. The Hall–Kier alpha value is -3.86. The number of hydrogen-bond donors (Lipinski definition) is 0. The van der Waals surface area contributed by atoms with Crippen LogP contribution in [0, 0.1) is 11.6 Å². The van der Waals surface area contributed by atoms with Gasteiger partial charge in [-0.05, 0) is 12.1 Å². The van der Waals surface area contributed by atoms with Crippen LogP contribution in [0.3, 0.4) is 0 Å². The van der Waals surface area contributed by atoms with Crippen LogP contribution in [0.15, 0.2) is 42.9 Å². The maximum atomic E-state index is 14.0. The molecule has 36 heavy (non-hydrogen) atoms. The first-order chi connectivity index (χ1) is 17.5. The van der Waals surface area contributed by atoms with Crippen molar-refractivity contribution in [3.05, 3.63) is 54.5 Å². The quantitative estimate of drug-likeness (QED) is 0.341. The summed E-state index contributed by atoms with van der Waals surface area (Å²) in [6.45, 7) is 2.09.